The molecule has 0 saturated heterocycles. The van der Waals surface area contributed by atoms with Crippen LogP contribution in [0.15, 0.2) is 0 Å². The van der Waals surface area contributed by atoms with Crippen molar-refractivity contribution in [3.05, 3.63) is 0 Å². The first-order valence-corrected chi connectivity index (χ1v) is 11.8. The number of rotatable bonds is 8. The van der Waals surface area contributed by atoms with Gasteiger partial charge in [-0.15, -0.1) is 0 Å². The molecule has 0 amide bonds. The highest BCUT2D eigenvalue weighted by atomic mass is 79.9. The second kappa shape index (κ2) is 10.2. The molecule has 0 aromatic carbocycles. The molecule has 142 valence electrons. The van der Waals surface area contributed by atoms with Crippen molar-refractivity contribution < 1.29 is 8.78 Å². The molecule has 0 aromatic heterocycles. The fourth-order valence-electron chi connectivity index (χ4n) is 4.95. The summed E-state index contributed by atoms with van der Waals surface area (Å²) in [5.74, 6) is 3.25. The van der Waals surface area contributed by atoms with Gasteiger partial charge in [-0.2, -0.15) is 8.78 Å². The summed E-state index contributed by atoms with van der Waals surface area (Å²) in [6.07, 6.45) is 16.7. The van der Waals surface area contributed by atoms with Crippen LogP contribution < -0.4 is 0 Å². The molecule has 0 nitrogen and oxygen atoms in total. The van der Waals surface area contributed by atoms with Crippen molar-refractivity contribution in [3.63, 3.8) is 0 Å². The molecule has 0 N–H and O–H groups in total. The van der Waals surface area contributed by atoms with Crippen molar-refractivity contribution in [1.29, 1.82) is 0 Å². The predicted octanol–water partition coefficient (Wildman–Crippen LogP) is 8.32. The molecular formula is C20H34Br2F2. The number of unbranched alkanes of at least 4 members (excludes halogenated alkanes) is 2. The fraction of sp³-hybridized carbons (Fsp3) is 1.00. The van der Waals surface area contributed by atoms with E-state index in [0.29, 0.717) is 12.3 Å². The van der Waals surface area contributed by atoms with E-state index in [0.717, 1.165) is 30.6 Å². The number of hydrogen-bond acceptors (Lipinski definition) is 0. The van der Waals surface area contributed by atoms with E-state index in [1.807, 2.05) is 0 Å². The fourth-order valence-corrected chi connectivity index (χ4v) is 5.67. The Morgan fingerprint density at radius 1 is 0.875 bits per heavy atom. The smallest absolute Gasteiger partial charge is 0.193 e. The van der Waals surface area contributed by atoms with E-state index in [4.69, 9.17) is 0 Å². The molecule has 2 aliphatic carbocycles. The van der Waals surface area contributed by atoms with Crippen LogP contribution >= 0.6 is 31.9 Å². The minimum absolute atomic E-state index is 0.472. The van der Waals surface area contributed by atoms with Gasteiger partial charge in [0.25, 0.3) is 0 Å². The Morgan fingerprint density at radius 2 is 1.38 bits per heavy atom. The van der Waals surface area contributed by atoms with Gasteiger partial charge in [0.15, 0.2) is 0 Å². The first-order valence-electron chi connectivity index (χ1n) is 10.1. The Morgan fingerprint density at radius 3 is 1.83 bits per heavy atom. The van der Waals surface area contributed by atoms with Gasteiger partial charge in [0.1, 0.15) is 0 Å². The topological polar surface area (TPSA) is 0 Å². The first-order chi connectivity index (χ1) is 11.4. The van der Waals surface area contributed by atoms with E-state index in [2.05, 4.69) is 38.8 Å². The van der Waals surface area contributed by atoms with Gasteiger partial charge < -0.3 is 0 Å². The first kappa shape index (κ1) is 21.1. The van der Waals surface area contributed by atoms with Crippen LogP contribution in [0, 0.1) is 23.7 Å². The highest BCUT2D eigenvalue weighted by Gasteiger charge is 2.37. The third-order valence-corrected chi connectivity index (χ3v) is 8.68. The lowest BCUT2D eigenvalue weighted by atomic mass is 9.68. The predicted molar refractivity (Wildman–Crippen MR) is 106 cm³/mol. The molecule has 0 spiro atoms. The van der Waals surface area contributed by atoms with Gasteiger partial charge in [-0.25, -0.2) is 0 Å². The zero-order chi connectivity index (χ0) is 17.6. The minimum atomic E-state index is -2.78. The van der Waals surface area contributed by atoms with Crippen molar-refractivity contribution in [1.82, 2.24) is 0 Å². The van der Waals surface area contributed by atoms with E-state index in [1.54, 1.807) is 0 Å². The third-order valence-electron chi connectivity index (χ3n) is 6.56. The molecule has 2 fully saturated rings. The molecular weight excluding hydrogens is 438 g/mol. The van der Waals surface area contributed by atoms with Crippen molar-refractivity contribution in [2.24, 2.45) is 23.7 Å². The Hall–Kier alpha value is 0.820. The largest absolute Gasteiger partial charge is 0.313 e. The molecule has 0 radical (unpaired) electrons. The highest BCUT2D eigenvalue weighted by molar-refractivity contribution is 9.12. The van der Waals surface area contributed by atoms with Crippen molar-refractivity contribution in [3.8, 4) is 0 Å². The Balaban J connectivity index is 1.65. The van der Waals surface area contributed by atoms with E-state index in [9.17, 15) is 8.78 Å². The molecule has 0 bridgehead atoms. The second-order valence-corrected chi connectivity index (χ2v) is 10.5. The SMILES string of the molecule is CCCCCC1CCC(C2CCC(CC(Br)C(F)(F)Br)CC2)CC1. The van der Waals surface area contributed by atoms with E-state index in [-0.39, 0.29) is 0 Å². The standard InChI is InChI=1S/C20H34Br2F2/c1-2-3-4-5-15-6-10-17(11-7-15)18-12-8-16(9-13-18)14-19(21)20(22,23)24/h15-19H,2-14H2,1H3. The molecule has 0 aromatic rings. The quantitative estimate of drug-likeness (QED) is 0.246. The number of alkyl halides is 4. The number of halogens is 4. The lowest BCUT2D eigenvalue weighted by Gasteiger charge is -2.38. The van der Waals surface area contributed by atoms with Crippen LogP contribution in [-0.4, -0.2) is 9.66 Å². The van der Waals surface area contributed by atoms with Crippen LogP contribution in [0.5, 0.6) is 0 Å². The number of hydrogen-bond donors (Lipinski definition) is 0. The maximum atomic E-state index is 13.3. The van der Waals surface area contributed by atoms with Gasteiger partial charge in [0.05, 0.1) is 4.83 Å². The minimum Gasteiger partial charge on any atom is -0.193 e. The van der Waals surface area contributed by atoms with Crippen molar-refractivity contribution in [2.75, 3.05) is 0 Å². The molecule has 0 heterocycles. The van der Waals surface area contributed by atoms with Crippen LogP contribution in [0.4, 0.5) is 8.78 Å². The summed E-state index contributed by atoms with van der Waals surface area (Å²) >= 11 is 5.65. The van der Waals surface area contributed by atoms with E-state index in [1.165, 1.54) is 64.2 Å². The normalized spacial score (nSPS) is 33.4. The van der Waals surface area contributed by atoms with Gasteiger partial charge in [0, 0.05) is 0 Å². The van der Waals surface area contributed by atoms with Gasteiger partial charge in [-0.3, -0.25) is 0 Å². The van der Waals surface area contributed by atoms with Gasteiger partial charge in [-0.05, 0) is 71.7 Å². The molecule has 1 unspecified atom stereocenters. The van der Waals surface area contributed by atoms with E-state index >= 15 is 0 Å². The summed E-state index contributed by atoms with van der Waals surface area (Å²) in [4.78, 5) is -3.51. The van der Waals surface area contributed by atoms with Crippen LogP contribution in [0.2, 0.25) is 0 Å². The lowest BCUT2D eigenvalue weighted by Crippen LogP contribution is -2.29. The zero-order valence-electron chi connectivity index (χ0n) is 15.1. The highest BCUT2D eigenvalue weighted by Crippen LogP contribution is 2.44. The van der Waals surface area contributed by atoms with Crippen LogP contribution in [-0.2, 0) is 0 Å². The zero-order valence-corrected chi connectivity index (χ0v) is 18.3. The Kier molecular flexibility index (Phi) is 9.00. The molecule has 0 aliphatic heterocycles. The van der Waals surface area contributed by atoms with Crippen LogP contribution in [0.1, 0.15) is 90.4 Å². The third kappa shape index (κ3) is 6.85. The molecule has 2 saturated carbocycles. The molecule has 4 heteroatoms. The van der Waals surface area contributed by atoms with Crippen molar-refractivity contribution >= 4 is 31.9 Å². The maximum absolute atomic E-state index is 13.3. The summed E-state index contributed by atoms with van der Waals surface area (Å²) in [7, 11) is 0. The van der Waals surface area contributed by atoms with Crippen LogP contribution in [0.25, 0.3) is 0 Å². The van der Waals surface area contributed by atoms with Gasteiger partial charge >= 0.3 is 4.83 Å². The summed E-state index contributed by atoms with van der Waals surface area (Å²) in [5.41, 5.74) is 0. The average molecular weight is 472 g/mol. The molecule has 2 rings (SSSR count). The maximum Gasteiger partial charge on any atom is 0.313 e. The van der Waals surface area contributed by atoms with Gasteiger partial charge in [0.2, 0.25) is 0 Å². The Bertz CT molecular complexity index is 340. The summed E-state index contributed by atoms with van der Waals surface area (Å²) in [6, 6.07) is 0. The summed E-state index contributed by atoms with van der Waals surface area (Å²) in [5, 5.41) is 0. The molecule has 1 atom stereocenters. The molecule has 2 aliphatic rings. The Labute approximate surface area is 164 Å². The van der Waals surface area contributed by atoms with Gasteiger partial charge in [-0.1, -0.05) is 74.2 Å². The van der Waals surface area contributed by atoms with E-state index < -0.39 is 9.66 Å². The monoisotopic (exact) mass is 470 g/mol. The average Bonchev–Trinajstić information content (AvgIpc) is 2.56. The summed E-state index contributed by atoms with van der Waals surface area (Å²) in [6.45, 7) is 2.28. The van der Waals surface area contributed by atoms with Crippen LogP contribution in [0.3, 0.4) is 0 Å². The second-order valence-electron chi connectivity index (χ2n) is 8.30. The van der Waals surface area contributed by atoms with Crippen molar-refractivity contribution in [2.45, 2.75) is 100 Å². The summed E-state index contributed by atoms with van der Waals surface area (Å²) < 4.78 is 26.5. The molecule has 24 heavy (non-hydrogen) atoms. The lowest BCUT2D eigenvalue weighted by molar-refractivity contribution is 0.0932.